The molecule has 37 heavy (non-hydrogen) atoms. The molecule has 6 nitrogen and oxygen atoms in total. The van der Waals surface area contributed by atoms with Gasteiger partial charge in [0.15, 0.2) is 0 Å². The molecule has 2 aliphatic rings. The molecule has 2 aliphatic heterocycles. The molecule has 1 unspecified atom stereocenters. The zero-order valence-corrected chi connectivity index (χ0v) is 24.6. The van der Waals surface area contributed by atoms with Crippen molar-refractivity contribution in [1.82, 2.24) is 9.47 Å². The van der Waals surface area contributed by atoms with Gasteiger partial charge in [-0.15, -0.1) is 0 Å². The Hall–Kier alpha value is -2.11. The molecule has 202 valence electrons. The number of carbonyl (C=O) groups excluding carboxylic acids is 1. The summed E-state index contributed by atoms with van der Waals surface area (Å²) in [4.78, 5) is 31.7. The summed E-state index contributed by atoms with van der Waals surface area (Å²) < 4.78 is 2.39. The first-order valence-corrected chi connectivity index (χ1v) is 15.3. The largest absolute Gasteiger partial charge is 0.357 e. The molecule has 1 aromatic rings. The lowest BCUT2D eigenvalue weighted by atomic mass is 9.99. The average Bonchev–Trinajstić information content (AvgIpc) is 3.05. The van der Waals surface area contributed by atoms with Crippen molar-refractivity contribution < 1.29 is 4.79 Å². The summed E-state index contributed by atoms with van der Waals surface area (Å²) in [7, 11) is 0. The number of hydrogen-bond acceptors (Lipinski definition) is 6. The van der Waals surface area contributed by atoms with E-state index >= 15 is 0 Å². The third-order valence-corrected chi connectivity index (χ3v) is 9.00. The van der Waals surface area contributed by atoms with Crippen LogP contribution in [0.5, 0.6) is 0 Å². The van der Waals surface area contributed by atoms with Gasteiger partial charge < -0.3 is 4.90 Å². The van der Waals surface area contributed by atoms with Crippen LogP contribution >= 0.6 is 24.0 Å². The molecule has 0 spiro atoms. The van der Waals surface area contributed by atoms with Crippen molar-refractivity contribution in [2.24, 2.45) is 5.92 Å². The lowest BCUT2D eigenvalue weighted by molar-refractivity contribution is -0.122. The predicted octanol–water partition coefficient (Wildman–Crippen LogP) is 6.63. The highest BCUT2D eigenvalue weighted by molar-refractivity contribution is 8.26. The number of thioether (sulfide) groups is 1. The first-order valence-electron chi connectivity index (χ1n) is 14.1. The van der Waals surface area contributed by atoms with E-state index in [1.54, 1.807) is 9.47 Å². The van der Waals surface area contributed by atoms with Crippen LogP contribution in [0.1, 0.15) is 102 Å². The highest BCUT2D eigenvalue weighted by atomic mass is 32.2. The van der Waals surface area contributed by atoms with E-state index in [2.05, 4.69) is 31.7 Å². The van der Waals surface area contributed by atoms with Gasteiger partial charge in [-0.1, -0.05) is 83.3 Å². The van der Waals surface area contributed by atoms with Crippen molar-refractivity contribution in [3.8, 4) is 6.07 Å². The third-order valence-electron chi connectivity index (χ3n) is 7.62. The molecule has 8 heteroatoms. The molecule has 3 rings (SSSR count). The maximum atomic E-state index is 13.6. The molecule has 0 bridgehead atoms. The fourth-order valence-electron chi connectivity index (χ4n) is 5.26. The number of amides is 1. The van der Waals surface area contributed by atoms with E-state index in [1.807, 2.05) is 13.0 Å². The van der Waals surface area contributed by atoms with Gasteiger partial charge in [-0.25, -0.2) is 0 Å². The Morgan fingerprint density at radius 2 is 1.76 bits per heavy atom. The number of rotatable bonds is 11. The van der Waals surface area contributed by atoms with E-state index < -0.39 is 0 Å². The zero-order valence-electron chi connectivity index (χ0n) is 23.0. The molecular formula is C29H42N4O2S2. The zero-order chi connectivity index (χ0) is 26.9. The summed E-state index contributed by atoms with van der Waals surface area (Å²) >= 11 is 7.00. The SMILES string of the molecule is CCCCC(CC)CN1C(=O)C(=Cc2c(C)c(C#N)c(=O)n(CCCC)c2N2CCCCCC2)SC1=S. The van der Waals surface area contributed by atoms with Crippen LogP contribution in [0.25, 0.3) is 6.08 Å². The van der Waals surface area contributed by atoms with Crippen LogP contribution in [0, 0.1) is 24.2 Å². The number of nitriles is 1. The number of hydrogen-bond donors (Lipinski definition) is 0. The topological polar surface area (TPSA) is 69.3 Å². The van der Waals surface area contributed by atoms with Crippen molar-refractivity contribution in [3.63, 3.8) is 0 Å². The number of pyridine rings is 1. The van der Waals surface area contributed by atoms with Crippen LogP contribution in [-0.4, -0.2) is 39.3 Å². The van der Waals surface area contributed by atoms with Crippen molar-refractivity contribution in [1.29, 1.82) is 5.26 Å². The van der Waals surface area contributed by atoms with Gasteiger partial charge in [0.25, 0.3) is 11.5 Å². The maximum absolute atomic E-state index is 13.6. The molecule has 0 radical (unpaired) electrons. The number of nitrogens with zero attached hydrogens (tertiary/aromatic N) is 4. The third kappa shape index (κ3) is 6.86. The summed E-state index contributed by atoms with van der Waals surface area (Å²) in [5, 5.41) is 9.92. The minimum absolute atomic E-state index is 0.0593. The van der Waals surface area contributed by atoms with E-state index in [0.29, 0.717) is 33.8 Å². The molecule has 0 aliphatic carbocycles. The van der Waals surface area contributed by atoms with Crippen molar-refractivity contribution >= 4 is 46.1 Å². The fraction of sp³-hybridized carbons (Fsp3) is 0.655. The standard InChI is InChI=1S/C29H42N4O2S2/c1-5-8-14-22(7-3)20-33-28(35)25(37-29(33)36)18-23-21(4)24(19-30)27(34)32(17-9-6-2)26(23)31-15-12-10-11-13-16-31/h18,22H,5-17,20H2,1-4H3. The molecule has 0 N–H and O–H groups in total. The quantitative estimate of drug-likeness (QED) is 0.231. The molecule has 3 heterocycles. The second-order valence-corrected chi connectivity index (χ2v) is 11.9. The van der Waals surface area contributed by atoms with Gasteiger partial charge in [0.1, 0.15) is 21.8 Å². The Morgan fingerprint density at radius 1 is 1.08 bits per heavy atom. The monoisotopic (exact) mass is 542 g/mol. The van der Waals surface area contributed by atoms with E-state index in [9.17, 15) is 14.9 Å². The van der Waals surface area contributed by atoms with Crippen LogP contribution in [0.3, 0.4) is 0 Å². The predicted molar refractivity (Wildman–Crippen MR) is 159 cm³/mol. The van der Waals surface area contributed by atoms with Crippen molar-refractivity contribution in [2.45, 2.75) is 98.4 Å². The number of thiocarbonyl (C=S) groups is 1. The van der Waals surface area contributed by atoms with E-state index in [0.717, 1.165) is 75.8 Å². The van der Waals surface area contributed by atoms with Gasteiger partial charge in [-0.05, 0) is 50.2 Å². The number of aromatic nitrogens is 1. The number of unbranched alkanes of at least 4 members (excludes halogenated alkanes) is 2. The Balaban J connectivity index is 2.10. The van der Waals surface area contributed by atoms with Crippen LogP contribution < -0.4 is 10.5 Å². The minimum atomic E-state index is -0.223. The highest BCUT2D eigenvalue weighted by Gasteiger charge is 2.34. The minimum Gasteiger partial charge on any atom is -0.357 e. The van der Waals surface area contributed by atoms with Crippen LogP contribution in [-0.2, 0) is 11.3 Å². The number of carbonyl (C=O) groups is 1. The van der Waals surface area contributed by atoms with Gasteiger partial charge in [0, 0.05) is 31.7 Å². The van der Waals surface area contributed by atoms with Crippen LogP contribution in [0.15, 0.2) is 9.70 Å². The Kier molecular flexibility index (Phi) is 11.3. The van der Waals surface area contributed by atoms with Crippen molar-refractivity contribution in [2.75, 3.05) is 24.5 Å². The smallest absolute Gasteiger partial charge is 0.270 e. The average molecular weight is 543 g/mol. The molecule has 1 amide bonds. The first kappa shape index (κ1) is 29.4. The second-order valence-electron chi connectivity index (χ2n) is 10.3. The summed E-state index contributed by atoms with van der Waals surface area (Å²) in [5.41, 5.74) is 1.41. The van der Waals surface area contributed by atoms with Crippen LogP contribution in [0.2, 0.25) is 0 Å². The molecule has 0 saturated carbocycles. The Bertz CT molecular complexity index is 1110. The highest BCUT2D eigenvalue weighted by Crippen LogP contribution is 2.37. The number of anilines is 1. The lowest BCUT2D eigenvalue weighted by Gasteiger charge is -2.29. The molecule has 1 atom stereocenters. The summed E-state index contributed by atoms with van der Waals surface area (Å²) in [6.45, 7) is 11.3. The molecule has 1 aromatic heterocycles. The van der Waals surface area contributed by atoms with E-state index in [1.165, 1.54) is 24.6 Å². The van der Waals surface area contributed by atoms with Gasteiger partial charge in [0.05, 0.1) is 4.91 Å². The Morgan fingerprint density at radius 3 is 2.35 bits per heavy atom. The van der Waals surface area contributed by atoms with Gasteiger partial charge in [0.2, 0.25) is 0 Å². The normalized spacial score (nSPS) is 18.4. The fourth-order valence-corrected chi connectivity index (χ4v) is 6.51. The van der Waals surface area contributed by atoms with Crippen LogP contribution in [0.4, 0.5) is 5.82 Å². The summed E-state index contributed by atoms with van der Waals surface area (Å²) in [6, 6.07) is 2.16. The molecule has 0 aromatic carbocycles. The van der Waals surface area contributed by atoms with Gasteiger partial charge in [-0.3, -0.25) is 19.1 Å². The molecular weight excluding hydrogens is 500 g/mol. The second kappa shape index (κ2) is 14.2. The summed E-state index contributed by atoms with van der Waals surface area (Å²) in [6.07, 6.45) is 12.6. The maximum Gasteiger partial charge on any atom is 0.270 e. The lowest BCUT2D eigenvalue weighted by Crippen LogP contribution is -2.35. The summed E-state index contributed by atoms with van der Waals surface area (Å²) in [5.74, 6) is 1.23. The van der Waals surface area contributed by atoms with E-state index in [4.69, 9.17) is 12.2 Å². The molecule has 2 saturated heterocycles. The molecule has 2 fully saturated rings. The van der Waals surface area contributed by atoms with Crippen molar-refractivity contribution in [3.05, 3.63) is 31.9 Å². The Labute approximate surface area is 232 Å². The van der Waals surface area contributed by atoms with Gasteiger partial charge in [-0.2, -0.15) is 5.26 Å². The first-order chi connectivity index (χ1) is 17.9. The van der Waals surface area contributed by atoms with Gasteiger partial charge >= 0.3 is 0 Å². The van der Waals surface area contributed by atoms with E-state index in [-0.39, 0.29) is 17.0 Å².